The summed E-state index contributed by atoms with van der Waals surface area (Å²) in [6, 6.07) is 55.1. The largest absolute Gasteiger partial charge is 0.309 e. The number of benzene rings is 7. The molecule has 226 valence electrons. The number of nitrogens with zero attached hydrogens (tertiary/aromatic N) is 1. The second-order valence-corrected chi connectivity index (χ2v) is 14.6. The van der Waals surface area contributed by atoms with Crippen molar-refractivity contribution in [1.82, 2.24) is 4.57 Å². The molecule has 7 aromatic carbocycles. The Morgan fingerprint density at radius 1 is 0.531 bits per heavy atom. The second kappa shape index (κ2) is 9.10. The lowest BCUT2D eigenvalue weighted by Crippen LogP contribution is -2.67. The summed E-state index contributed by atoms with van der Waals surface area (Å²) in [7, 11) is 0. The predicted molar refractivity (Wildman–Crippen MR) is 205 cm³/mol. The first kappa shape index (κ1) is 26.0. The third-order valence-corrected chi connectivity index (χ3v) is 12.5. The lowest BCUT2D eigenvalue weighted by molar-refractivity contribution is -0.374. The summed E-state index contributed by atoms with van der Waals surface area (Å²) in [4.78, 5) is 3.14. The number of para-hydroxylation sites is 2. The summed E-state index contributed by atoms with van der Waals surface area (Å²) in [5.41, 5.74) is 16.4. The van der Waals surface area contributed by atoms with Crippen molar-refractivity contribution in [3.05, 3.63) is 180 Å². The van der Waals surface area contributed by atoms with Gasteiger partial charge in [0, 0.05) is 30.9 Å². The van der Waals surface area contributed by atoms with Crippen LogP contribution in [-0.2, 0) is 5.41 Å². The van der Waals surface area contributed by atoms with E-state index < -0.39 is 5.41 Å². The van der Waals surface area contributed by atoms with E-state index in [2.05, 4.69) is 168 Å². The minimum Gasteiger partial charge on any atom is -0.309 e. The fourth-order valence-corrected chi connectivity index (χ4v) is 10.5. The Bertz CT molecular complexity index is 2990. The fraction of sp³-hybridized carbons (Fsp3) is 0.0217. The van der Waals surface area contributed by atoms with Gasteiger partial charge in [-0.25, -0.2) is 4.99 Å². The standard InChI is InChI=1S/C46H26N2S/c1-4-12-36-31(9-1)32-22-21-29(27-17-19-28(20-18-27)30-25-47-26-30)23-38(32)46(36)37-13-5-7-15-41(37)48-40-14-6-2-11-34(40)43-44(48)39(46)24-35-33-10-3-8-16-42(33)49-45(35)43/h1-26H/p+1. The van der Waals surface area contributed by atoms with Gasteiger partial charge in [0.25, 0.3) is 0 Å². The molecule has 1 spiro atoms. The van der Waals surface area contributed by atoms with Gasteiger partial charge >= 0.3 is 0 Å². The smallest absolute Gasteiger partial charge is 0.180 e. The van der Waals surface area contributed by atoms with Crippen LogP contribution in [0.1, 0.15) is 27.8 Å². The van der Waals surface area contributed by atoms with Crippen LogP contribution in [0.2, 0.25) is 0 Å². The number of allylic oxidation sites excluding steroid dienone is 1. The average Bonchev–Trinajstić information content (AvgIpc) is 3.77. The molecule has 49 heavy (non-hydrogen) atoms. The third kappa shape index (κ3) is 3.10. The molecule has 2 aliphatic heterocycles. The van der Waals surface area contributed by atoms with E-state index in [-0.39, 0.29) is 0 Å². The molecular weight excluding hydrogens is 613 g/mol. The zero-order valence-corrected chi connectivity index (χ0v) is 27.2. The quantitative estimate of drug-likeness (QED) is 0.194. The zero-order chi connectivity index (χ0) is 31.8. The molecule has 9 aromatic rings. The van der Waals surface area contributed by atoms with Crippen LogP contribution >= 0.6 is 11.3 Å². The number of thiophene rings is 1. The van der Waals surface area contributed by atoms with Crippen molar-refractivity contribution in [1.29, 1.82) is 0 Å². The molecule has 2 aromatic heterocycles. The van der Waals surface area contributed by atoms with Crippen LogP contribution in [0.4, 0.5) is 0 Å². The van der Waals surface area contributed by atoms with Gasteiger partial charge in [0.15, 0.2) is 12.4 Å². The van der Waals surface area contributed by atoms with E-state index in [1.165, 1.54) is 103 Å². The molecule has 0 saturated carbocycles. The zero-order valence-electron chi connectivity index (χ0n) is 26.4. The Hall–Kier alpha value is -6.03. The minimum atomic E-state index is -0.490. The normalized spacial score (nSPS) is 16.7. The highest BCUT2D eigenvalue weighted by molar-refractivity contribution is 7.26. The van der Waals surface area contributed by atoms with E-state index in [1.807, 2.05) is 11.3 Å². The summed E-state index contributed by atoms with van der Waals surface area (Å²) in [5, 5.41) is 5.37. The Labute approximate surface area is 286 Å². The van der Waals surface area contributed by atoms with E-state index in [1.54, 1.807) is 0 Å². The van der Waals surface area contributed by atoms with Crippen molar-refractivity contribution < 1.29 is 4.99 Å². The highest BCUT2D eigenvalue weighted by atomic mass is 32.1. The molecule has 1 atom stereocenters. The summed E-state index contributed by atoms with van der Waals surface area (Å²) in [6.45, 7) is 0. The maximum Gasteiger partial charge on any atom is 0.180 e. The van der Waals surface area contributed by atoms with E-state index in [9.17, 15) is 0 Å². The summed E-state index contributed by atoms with van der Waals surface area (Å²) in [6.07, 6.45) is 4.11. The Morgan fingerprint density at radius 3 is 2.08 bits per heavy atom. The van der Waals surface area contributed by atoms with Gasteiger partial charge in [-0.3, -0.25) is 0 Å². The molecule has 1 N–H and O–H groups in total. The molecule has 2 nitrogen and oxygen atoms in total. The topological polar surface area (TPSA) is 18.9 Å². The van der Waals surface area contributed by atoms with E-state index >= 15 is 0 Å². The average molecular weight is 640 g/mol. The second-order valence-electron chi connectivity index (χ2n) is 13.5. The first-order valence-electron chi connectivity index (χ1n) is 16.9. The molecule has 12 rings (SSSR count). The lowest BCUT2D eigenvalue weighted by atomic mass is 9.65. The highest BCUT2D eigenvalue weighted by Gasteiger charge is 2.51. The van der Waals surface area contributed by atoms with E-state index in [0.717, 1.165) is 0 Å². The molecule has 0 amide bonds. The van der Waals surface area contributed by atoms with E-state index in [0.29, 0.717) is 0 Å². The van der Waals surface area contributed by atoms with Crippen molar-refractivity contribution in [3.8, 4) is 27.9 Å². The van der Waals surface area contributed by atoms with Crippen LogP contribution in [0.25, 0.3) is 75.5 Å². The van der Waals surface area contributed by atoms with Crippen LogP contribution in [0.15, 0.2) is 152 Å². The SMILES string of the molecule is C1=[NH+]C=C1c1ccc(-c2ccc3c(c2)C2(c4ccccc4-3)c3ccccc3-n3c4ccccc4c4c5sc6ccccc6c5cc2c43)cc1. The molecule has 3 heteroatoms. The number of aromatic nitrogens is 1. The maximum absolute atomic E-state index is 3.14. The Morgan fingerprint density at radius 2 is 1.22 bits per heavy atom. The maximum atomic E-state index is 3.14. The van der Waals surface area contributed by atoms with Crippen LogP contribution in [0.5, 0.6) is 0 Å². The van der Waals surface area contributed by atoms with Crippen molar-refractivity contribution in [2.45, 2.75) is 5.41 Å². The van der Waals surface area contributed by atoms with Crippen molar-refractivity contribution in [3.63, 3.8) is 0 Å². The van der Waals surface area contributed by atoms with Gasteiger partial charge in [-0.2, -0.15) is 0 Å². The summed E-state index contributed by atoms with van der Waals surface area (Å²) < 4.78 is 5.27. The highest BCUT2D eigenvalue weighted by Crippen LogP contribution is 2.62. The fourth-order valence-electron chi connectivity index (χ4n) is 9.23. The molecule has 1 aliphatic carbocycles. The van der Waals surface area contributed by atoms with Gasteiger partial charge in [0.1, 0.15) is 5.57 Å². The van der Waals surface area contributed by atoms with Gasteiger partial charge in [0.2, 0.25) is 0 Å². The number of nitrogens with one attached hydrogen (secondary N) is 1. The van der Waals surface area contributed by atoms with Gasteiger partial charge in [-0.15, -0.1) is 11.3 Å². The molecule has 0 saturated heterocycles. The Kier molecular flexibility index (Phi) is 4.83. The monoisotopic (exact) mass is 639 g/mol. The van der Waals surface area contributed by atoms with Crippen molar-refractivity contribution in [2.75, 3.05) is 0 Å². The van der Waals surface area contributed by atoms with Crippen LogP contribution in [0, 0.1) is 0 Å². The van der Waals surface area contributed by atoms with Gasteiger partial charge in [-0.05, 0) is 80.4 Å². The van der Waals surface area contributed by atoms with Gasteiger partial charge in [0.05, 0.1) is 22.1 Å². The molecule has 0 bridgehead atoms. The van der Waals surface area contributed by atoms with Crippen LogP contribution in [0.3, 0.4) is 0 Å². The molecule has 4 heterocycles. The van der Waals surface area contributed by atoms with Gasteiger partial charge in [-0.1, -0.05) is 115 Å². The lowest BCUT2D eigenvalue weighted by Gasteiger charge is -2.39. The molecule has 3 aliphatic rings. The number of rotatable bonds is 2. The number of hydrogen-bond acceptors (Lipinski definition) is 1. The molecular formula is C46H27N2S+. The minimum absolute atomic E-state index is 0.490. The first-order chi connectivity index (χ1) is 24.3. The van der Waals surface area contributed by atoms with Crippen molar-refractivity contribution >= 4 is 65.1 Å². The van der Waals surface area contributed by atoms with Crippen molar-refractivity contribution in [2.24, 2.45) is 0 Å². The summed E-state index contributed by atoms with van der Waals surface area (Å²) >= 11 is 1.93. The number of hydrogen-bond donors (Lipinski definition) is 1. The predicted octanol–water partition coefficient (Wildman–Crippen LogP) is 10.0. The number of fused-ring (bicyclic) bond motifs is 16. The van der Waals surface area contributed by atoms with Crippen LogP contribution in [-0.4, -0.2) is 10.8 Å². The molecule has 1 unspecified atom stereocenters. The molecule has 0 radical (unpaired) electrons. The molecule has 0 fully saturated rings. The van der Waals surface area contributed by atoms with Gasteiger partial charge < -0.3 is 4.57 Å². The van der Waals surface area contributed by atoms with E-state index in [4.69, 9.17) is 0 Å². The first-order valence-corrected chi connectivity index (χ1v) is 17.7. The summed E-state index contributed by atoms with van der Waals surface area (Å²) in [5.74, 6) is 0. The third-order valence-electron chi connectivity index (χ3n) is 11.3. The van der Waals surface area contributed by atoms with Crippen LogP contribution < -0.4 is 4.99 Å². The Balaban J connectivity index is 1.27.